The van der Waals surface area contributed by atoms with E-state index in [-0.39, 0.29) is 18.0 Å². The van der Waals surface area contributed by atoms with Crippen LogP contribution < -0.4 is 5.56 Å². The zero-order chi connectivity index (χ0) is 20.4. The first kappa shape index (κ1) is 19.2. The topological polar surface area (TPSA) is 66.1 Å². The van der Waals surface area contributed by atoms with Crippen LogP contribution in [0.2, 0.25) is 5.02 Å². The molecule has 4 rings (SSSR count). The third kappa shape index (κ3) is 4.00. The van der Waals surface area contributed by atoms with Crippen molar-refractivity contribution >= 4 is 39.2 Å². The molecule has 0 aliphatic rings. The van der Waals surface area contributed by atoms with Gasteiger partial charge in [0, 0.05) is 11.6 Å². The first-order valence-electron chi connectivity index (χ1n) is 9.48. The van der Waals surface area contributed by atoms with Gasteiger partial charge in [-0.2, -0.15) is 0 Å². The summed E-state index contributed by atoms with van der Waals surface area (Å²) in [6.07, 6.45) is 0.291. The lowest BCUT2D eigenvalue weighted by atomic mass is 10.0. The number of fused-ring (bicyclic) bond motifs is 2. The van der Waals surface area contributed by atoms with Gasteiger partial charge in [0.2, 0.25) is 5.91 Å². The number of hydrogen-bond donors (Lipinski definition) is 1. The molecule has 0 aliphatic heterocycles. The molecule has 1 N–H and O–H groups in total. The molecule has 146 valence electrons. The van der Waals surface area contributed by atoms with Gasteiger partial charge >= 0.3 is 0 Å². The van der Waals surface area contributed by atoms with E-state index in [2.05, 4.69) is 9.97 Å². The second-order valence-corrected chi connectivity index (χ2v) is 7.33. The number of benzene rings is 3. The van der Waals surface area contributed by atoms with E-state index < -0.39 is 0 Å². The number of carbonyl (C=O) groups is 1. The van der Waals surface area contributed by atoms with Crippen LogP contribution >= 0.6 is 11.6 Å². The van der Waals surface area contributed by atoms with Crippen molar-refractivity contribution in [2.75, 3.05) is 6.54 Å². The SMILES string of the molecule is CCN(Cc1nc2cc(Cl)ccc2c(=O)[nH]1)C(=O)Cc1cccc2ccccc12. The number of amides is 1. The highest BCUT2D eigenvalue weighted by Crippen LogP contribution is 2.20. The van der Waals surface area contributed by atoms with Gasteiger partial charge in [0.15, 0.2) is 0 Å². The third-order valence-corrected chi connectivity index (χ3v) is 5.25. The molecule has 0 unspecified atom stereocenters. The zero-order valence-electron chi connectivity index (χ0n) is 16.0. The second-order valence-electron chi connectivity index (χ2n) is 6.90. The highest BCUT2D eigenvalue weighted by molar-refractivity contribution is 6.31. The Kier molecular flexibility index (Phi) is 5.32. The molecular weight excluding hydrogens is 386 g/mol. The quantitative estimate of drug-likeness (QED) is 0.537. The van der Waals surface area contributed by atoms with E-state index in [1.54, 1.807) is 23.1 Å². The van der Waals surface area contributed by atoms with Gasteiger partial charge in [-0.1, -0.05) is 54.1 Å². The van der Waals surface area contributed by atoms with Crippen molar-refractivity contribution < 1.29 is 4.79 Å². The molecule has 1 aromatic heterocycles. The number of rotatable bonds is 5. The number of H-pyrrole nitrogens is 1. The minimum Gasteiger partial charge on any atom is -0.335 e. The smallest absolute Gasteiger partial charge is 0.258 e. The van der Waals surface area contributed by atoms with E-state index in [0.717, 1.165) is 16.3 Å². The normalized spacial score (nSPS) is 11.1. The van der Waals surface area contributed by atoms with Crippen LogP contribution in [0.1, 0.15) is 18.3 Å². The largest absolute Gasteiger partial charge is 0.335 e. The summed E-state index contributed by atoms with van der Waals surface area (Å²) in [6.45, 7) is 2.66. The minimum atomic E-state index is -0.237. The predicted octanol–water partition coefficient (Wildman–Crippen LogP) is 4.32. The Morgan fingerprint density at radius 3 is 2.69 bits per heavy atom. The fourth-order valence-corrected chi connectivity index (χ4v) is 3.68. The van der Waals surface area contributed by atoms with Crippen LogP contribution in [0.3, 0.4) is 0 Å². The summed E-state index contributed by atoms with van der Waals surface area (Å²) in [5.74, 6) is 0.426. The Labute approximate surface area is 173 Å². The average molecular weight is 406 g/mol. The van der Waals surface area contributed by atoms with Gasteiger partial charge < -0.3 is 9.88 Å². The van der Waals surface area contributed by atoms with Crippen LogP contribution in [-0.4, -0.2) is 27.3 Å². The highest BCUT2D eigenvalue weighted by atomic mass is 35.5. The lowest BCUT2D eigenvalue weighted by molar-refractivity contribution is -0.130. The Morgan fingerprint density at radius 2 is 1.86 bits per heavy atom. The average Bonchev–Trinajstić information content (AvgIpc) is 2.72. The van der Waals surface area contributed by atoms with Gasteiger partial charge in [0.05, 0.1) is 23.9 Å². The maximum Gasteiger partial charge on any atom is 0.258 e. The summed E-state index contributed by atoms with van der Waals surface area (Å²) in [6, 6.07) is 19.0. The highest BCUT2D eigenvalue weighted by Gasteiger charge is 2.16. The Balaban J connectivity index is 1.59. The molecule has 1 amide bonds. The van der Waals surface area contributed by atoms with Crippen molar-refractivity contribution in [3.8, 4) is 0 Å². The molecule has 1 heterocycles. The minimum absolute atomic E-state index is 0.0160. The summed E-state index contributed by atoms with van der Waals surface area (Å²) in [5.41, 5.74) is 1.27. The van der Waals surface area contributed by atoms with Crippen LogP contribution in [0.15, 0.2) is 65.5 Å². The fraction of sp³-hybridized carbons (Fsp3) is 0.174. The first-order valence-corrected chi connectivity index (χ1v) is 9.86. The molecule has 0 bridgehead atoms. The number of nitrogens with one attached hydrogen (secondary N) is 1. The van der Waals surface area contributed by atoms with E-state index in [1.807, 2.05) is 49.4 Å². The van der Waals surface area contributed by atoms with Crippen LogP contribution in [-0.2, 0) is 17.8 Å². The van der Waals surface area contributed by atoms with E-state index in [9.17, 15) is 9.59 Å². The van der Waals surface area contributed by atoms with Crippen LogP contribution in [0.25, 0.3) is 21.7 Å². The number of aromatic amines is 1. The van der Waals surface area contributed by atoms with E-state index in [1.165, 1.54) is 0 Å². The van der Waals surface area contributed by atoms with Gasteiger partial charge in [0.1, 0.15) is 5.82 Å². The van der Waals surface area contributed by atoms with E-state index in [0.29, 0.717) is 34.7 Å². The van der Waals surface area contributed by atoms with Gasteiger partial charge in [0.25, 0.3) is 5.56 Å². The molecule has 5 nitrogen and oxygen atoms in total. The molecule has 29 heavy (non-hydrogen) atoms. The van der Waals surface area contributed by atoms with E-state index >= 15 is 0 Å². The summed E-state index contributed by atoms with van der Waals surface area (Å²) in [4.78, 5) is 34.3. The fourth-order valence-electron chi connectivity index (χ4n) is 3.51. The van der Waals surface area contributed by atoms with Crippen molar-refractivity contribution in [3.63, 3.8) is 0 Å². The maximum atomic E-state index is 13.0. The lowest BCUT2D eigenvalue weighted by Gasteiger charge is -2.21. The van der Waals surface area contributed by atoms with Gasteiger partial charge in [-0.25, -0.2) is 4.98 Å². The summed E-state index contributed by atoms with van der Waals surface area (Å²) >= 11 is 6.03. The number of likely N-dealkylation sites (N-methyl/N-ethyl adjacent to an activating group) is 1. The first-order chi connectivity index (χ1) is 14.0. The molecule has 6 heteroatoms. The van der Waals surface area contributed by atoms with Crippen molar-refractivity contribution in [1.29, 1.82) is 0 Å². The summed E-state index contributed by atoms with van der Waals surface area (Å²) in [5, 5.41) is 3.17. The van der Waals surface area contributed by atoms with Crippen LogP contribution in [0.5, 0.6) is 0 Å². The molecule has 4 aromatic rings. The number of carbonyl (C=O) groups excluding carboxylic acids is 1. The van der Waals surface area contributed by atoms with Crippen molar-refractivity contribution in [2.24, 2.45) is 0 Å². The van der Waals surface area contributed by atoms with Gasteiger partial charge in [-0.15, -0.1) is 0 Å². The standard InChI is InChI=1S/C23H20ClN3O2/c1-2-27(14-21-25-20-13-17(24)10-11-19(20)23(29)26-21)22(28)12-16-8-5-7-15-6-3-4-9-18(15)16/h3-11,13H,2,12,14H2,1H3,(H,25,26,29). The molecule has 0 saturated heterocycles. The van der Waals surface area contributed by atoms with Crippen molar-refractivity contribution in [3.05, 3.63) is 87.4 Å². The molecule has 0 spiro atoms. The Morgan fingerprint density at radius 1 is 1.07 bits per heavy atom. The van der Waals surface area contributed by atoms with Crippen LogP contribution in [0.4, 0.5) is 0 Å². The Hall–Kier alpha value is -3.18. The predicted molar refractivity (Wildman–Crippen MR) is 116 cm³/mol. The lowest BCUT2D eigenvalue weighted by Crippen LogP contribution is -2.33. The number of aromatic nitrogens is 2. The number of hydrogen-bond acceptors (Lipinski definition) is 3. The van der Waals surface area contributed by atoms with Crippen molar-refractivity contribution in [1.82, 2.24) is 14.9 Å². The molecule has 3 aromatic carbocycles. The molecule has 0 atom stereocenters. The maximum absolute atomic E-state index is 13.0. The number of halogens is 1. The molecule has 0 radical (unpaired) electrons. The van der Waals surface area contributed by atoms with E-state index in [4.69, 9.17) is 11.6 Å². The molecule has 0 aliphatic carbocycles. The van der Waals surface area contributed by atoms with Gasteiger partial charge in [-0.3, -0.25) is 9.59 Å². The third-order valence-electron chi connectivity index (χ3n) is 5.01. The number of nitrogens with zero attached hydrogens (tertiary/aromatic N) is 2. The summed E-state index contributed by atoms with van der Waals surface area (Å²) < 4.78 is 0. The van der Waals surface area contributed by atoms with Gasteiger partial charge in [-0.05, 0) is 41.5 Å². The zero-order valence-corrected chi connectivity index (χ0v) is 16.7. The van der Waals surface area contributed by atoms with Crippen molar-refractivity contribution in [2.45, 2.75) is 19.9 Å². The Bertz CT molecular complexity index is 1260. The molecular formula is C23H20ClN3O2. The summed E-state index contributed by atoms with van der Waals surface area (Å²) in [7, 11) is 0. The molecule has 0 saturated carbocycles. The monoisotopic (exact) mass is 405 g/mol. The second kappa shape index (κ2) is 8.05. The molecule has 0 fully saturated rings. The van der Waals surface area contributed by atoms with Crippen LogP contribution in [0, 0.1) is 0 Å².